The fourth-order valence-corrected chi connectivity index (χ4v) is 4.43. The number of methoxy groups -OCH3 is 1. The lowest BCUT2D eigenvalue weighted by molar-refractivity contribution is 0.0619. The summed E-state index contributed by atoms with van der Waals surface area (Å²) in [4.78, 5) is 24.1. The molecular weight excluding hydrogens is 457 g/mol. The quantitative estimate of drug-likeness (QED) is 0.452. The number of amides is 1. The molecule has 0 saturated carbocycles. The molecule has 1 amide bonds. The summed E-state index contributed by atoms with van der Waals surface area (Å²) < 4.78 is 5.27. The fraction of sp³-hybridized carbons (Fsp3) is 0.261. The van der Waals surface area contributed by atoms with Crippen molar-refractivity contribution in [3.63, 3.8) is 0 Å². The van der Waals surface area contributed by atoms with E-state index >= 15 is 0 Å². The largest absolute Gasteiger partial charge is 0.383 e. The van der Waals surface area contributed by atoms with Gasteiger partial charge in [-0.3, -0.25) is 4.79 Å². The molecule has 5 nitrogen and oxygen atoms in total. The molecule has 3 aromatic rings. The zero-order chi connectivity index (χ0) is 22.0. The first-order valence-electron chi connectivity index (χ1n) is 9.86. The predicted molar refractivity (Wildman–Crippen MR) is 124 cm³/mol. The highest BCUT2D eigenvalue weighted by Gasteiger charge is 2.31. The second kappa shape index (κ2) is 9.53. The van der Waals surface area contributed by atoms with Crippen LogP contribution in [0, 0.1) is 0 Å². The molecule has 1 aliphatic rings. The number of hydrogen-bond donors (Lipinski definition) is 0. The van der Waals surface area contributed by atoms with Crippen LogP contribution in [0.1, 0.15) is 23.5 Å². The van der Waals surface area contributed by atoms with Crippen LogP contribution in [-0.2, 0) is 4.74 Å². The highest BCUT2D eigenvalue weighted by molar-refractivity contribution is 6.36. The van der Waals surface area contributed by atoms with Gasteiger partial charge in [-0.05, 0) is 48.7 Å². The number of hydrogen-bond acceptors (Lipinski definition) is 4. The lowest BCUT2D eigenvalue weighted by atomic mass is 10.0. The maximum atomic E-state index is 13.2. The molecule has 0 spiro atoms. The number of carbonyl (C=O) groups excluding carboxylic acids is 1. The Hall–Kier alpha value is -2.18. The second-order valence-electron chi connectivity index (χ2n) is 7.34. The van der Waals surface area contributed by atoms with Crippen LogP contribution in [0.4, 0.5) is 0 Å². The van der Waals surface area contributed by atoms with Crippen LogP contribution >= 0.6 is 34.8 Å². The van der Waals surface area contributed by atoms with Crippen LogP contribution in [0.3, 0.4) is 0 Å². The van der Waals surface area contributed by atoms with E-state index in [0.29, 0.717) is 39.5 Å². The fourth-order valence-electron chi connectivity index (χ4n) is 3.81. The molecule has 0 radical (unpaired) electrons. The predicted octanol–water partition coefficient (Wildman–Crippen LogP) is 6.02. The summed E-state index contributed by atoms with van der Waals surface area (Å²) in [6.45, 7) is 1.15. The summed E-state index contributed by atoms with van der Waals surface area (Å²) in [6, 6.07) is 12.6. The standard InChI is InChI=1S/C23H20Cl3N3O2/c1-31-13-17-3-2-10-29(17)23(30)22-27-12-19(14-4-6-15(24)7-5-14)21(28-22)18-9-8-16(25)11-20(18)26/h4-9,11-12,17H,2-3,10,13H2,1H3. The number of nitrogens with zero attached hydrogens (tertiary/aromatic N) is 3. The Labute approximate surface area is 195 Å². The van der Waals surface area contributed by atoms with Crippen molar-refractivity contribution in [3.8, 4) is 22.4 Å². The van der Waals surface area contributed by atoms with Gasteiger partial charge < -0.3 is 9.64 Å². The Morgan fingerprint density at radius 3 is 2.55 bits per heavy atom. The van der Waals surface area contributed by atoms with Crippen LogP contribution < -0.4 is 0 Å². The maximum Gasteiger partial charge on any atom is 0.292 e. The van der Waals surface area contributed by atoms with Crippen LogP contribution in [-0.4, -0.2) is 47.1 Å². The molecule has 1 fully saturated rings. The minimum absolute atomic E-state index is 0.0274. The van der Waals surface area contributed by atoms with Gasteiger partial charge in [-0.25, -0.2) is 9.97 Å². The third kappa shape index (κ3) is 4.70. The van der Waals surface area contributed by atoms with E-state index in [2.05, 4.69) is 9.97 Å². The third-order valence-electron chi connectivity index (χ3n) is 5.32. The summed E-state index contributed by atoms with van der Waals surface area (Å²) in [6.07, 6.45) is 3.49. The van der Waals surface area contributed by atoms with Crippen LogP contribution in [0.2, 0.25) is 15.1 Å². The molecule has 1 saturated heterocycles. The van der Waals surface area contributed by atoms with E-state index in [0.717, 1.165) is 24.0 Å². The first kappa shape index (κ1) is 22.0. The van der Waals surface area contributed by atoms with Gasteiger partial charge in [-0.15, -0.1) is 0 Å². The number of halogens is 3. The van der Waals surface area contributed by atoms with Gasteiger partial charge in [-0.1, -0.05) is 46.9 Å². The van der Waals surface area contributed by atoms with E-state index in [1.807, 2.05) is 12.1 Å². The van der Waals surface area contributed by atoms with Crippen molar-refractivity contribution in [1.82, 2.24) is 14.9 Å². The summed E-state index contributed by atoms with van der Waals surface area (Å²) in [5.74, 6) is -0.0877. The van der Waals surface area contributed by atoms with Gasteiger partial charge in [0, 0.05) is 41.0 Å². The number of aromatic nitrogens is 2. The Morgan fingerprint density at radius 1 is 1.10 bits per heavy atom. The molecule has 1 aromatic heterocycles. The van der Waals surface area contributed by atoms with Crippen LogP contribution in [0.25, 0.3) is 22.4 Å². The summed E-state index contributed by atoms with van der Waals surface area (Å²) in [7, 11) is 1.64. The molecule has 160 valence electrons. The van der Waals surface area contributed by atoms with Gasteiger partial charge in [0.15, 0.2) is 0 Å². The number of carbonyl (C=O) groups is 1. The third-order valence-corrected chi connectivity index (χ3v) is 6.12. The zero-order valence-electron chi connectivity index (χ0n) is 16.8. The van der Waals surface area contributed by atoms with Crippen molar-refractivity contribution in [1.29, 1.82) is 0 Å². The van der Waals surface area contributed by atoms with Gasteiger partial charge in [0.1, 0.15) is 0 Å². The van der Waals surface area contributed by atoms with Gasteiger partial charge >= 0.3 is 0 Å². The highest BCUT2D eigenvalue weighted by atomic mass is 35.5. The monoisotopic (exact) mass is 475 g/mol. The normalized spacial score (nSPS) is 16.0. The van der Waals surface area contributed by atoms with Crippen molar-refractivity contribution < 1.29 is 9.53 Å². The Morgan fingerprint density at radius 2 is 1.84 bits per heavy atom. The SMILES string of the molecule is COCC1CCCN1C(=O)c1ncc(-c2ccc(Cl)cc2)c(-c2ccc(Cl)cc2Cl)n1. The molecular formula is C23H20Cl3N3O2. The Bertz CT molecular complexity index is 1110. The molecule has 2 heterocycles. The van der Waals surface area contributed by atoms with Crippen molar-refractivity contribution in [2.24, 2.45) is 0 Å². The molecule has 31 heavy (non-hydrogen) atoms. The number of ether oxygens (including phenoxy) is 1. The lowest BCUT2D eigenvalue weighted by Crippen LogP contribution is -2.39. The lowest BCUT2D eigenvalue weighted by Gasteiger charge is -2.23. The van der Waals surface area contributed by atoms with Crippen LogP contribution in [0.5, 0.6) is 0 Å². The Balaban J connectivity index is 1.81. The summed E-state index contributed by atoms with van der Waals surface area (Å²) in [5, 5.41) is 1.59. The minimum atomic E-state index is -0.214. The summed E-state index contributed by atoms with van der Waals surface area (Å²) >= 11 is 18.6. The molecule has 0 N–H and O–H groups in total. The number of likely N-dealkylation sites (tertiary alicyclic amines) is 1. The zero-order valence-corrected chi connectivity index (χ0v) is 19.1. The Kier molecular flexibility index (Phi) is 6.77. The maximum absolute atomic E-state index is 13.2. The van der Waals surface area contributed by atoms with Gasteiger partial charge in [0.2, 0.25) is 5.82 Å². The van der Waals surface area contributed by atoms with Gasteiger partial charge in [-0.2, -0.15) is 0 Å². The van der Waals surface area contributed by atoms with Crippen molar-refractivity contribution in [3.05, 3.63) is 69.6 Å². The van der Waals surface area contributed by atoms with E-state index < -0.39 is 0 Å². The van der Waals surface area contributed by atoms with Gasteiger partial charge in [0.25, 0.3) is 5.91 Å². The number of benzene rings is 2. The van der Waals surface area contributed by atoms with Gasteiger partial charge in [0.05, 0.1) is 23.4 Å². The first-order valence-corrected chi connectivity index (χ1v) is 11.0. The second-order valence-corrected chi connectivity index (χ2v) is 8.62. The number of rotatable bonds is 5. The van der Waals surface area contributed by atoms with E-state index in [9.17, 15) is 4.79 Å². The first-order chi connectivity index (χ1) is 15.0. The molecule has 1 unspecified atom stereocenters. The average molecular weight is 477 g/mol. The molecule has 0 bridgehead atoms. The van der Waals surface area contributed by atoms with Crippen LogP contribution in [0.15, 0.2) is 48.7 Å². The van der Waals surface area contributed by atoms with E-state index in [1.54, 1.807) is 48.5 Å². The molecule has 4 rings (SSSR count). The van der Waals surface area contributed by atoms with Crippen molar-refractivity contribution >= 4 is 40.7 Å². The smallest absolute Gasteiger partial charge is 0.292 e. The molecule has 2 aromatic carbocycles. The minimum Gasteiger partial charge on any atom is -0.383 e. The molecule has 0 aliphatic carbocycles. The van der Waals surface area contributed by atoms with Crippen molar-refractivity contribution in [2.45, 2.75) is 18.9 Å². The van der Waals surface area contributed by atoms with E-state index in [-0.39, 0.29) is 17.8 Å². The highest BCUT2D eigenvalue weighted by Crippen LogP contribution is 2.36. The topological polar surface area (TPSA) is 55.3 Å². The molecule has 1 atom stereocenters. The summed E-state index contributed by atoms with van der Waals surface area (Å²) in [5.41, 5.74) is 2.84. The van der Waals surface area contributed by atoms with E-state index in [1.165, 1.54) is 0 Å². The molecule has 1 aliphatic heterocycles. The van der Waals surface area contributed by atoms with Crippen molar-refractivity contribution in [2.75, 3.05) is 20.3 Å². The average Bonchev–Trinajstić information content (AvgIpc) is 3.22. The molecule has 8 heteroatoms. The van der Waals surface area contributed by atoms with E-state index in [4.69, 9.17) is 39.5 Å².